The zero-order chi connectivity index (χ0) is 15.4. The van der Waals surface area contributed by atoms with Gasteiger partial charge in [0.1, 0.15) is 6.04 Å². The molecule has 4 N–H and O–H groups in total. The Balaban J connectivity index is 3.66. The number of hydrogen-bond acceptors (Lipinski definition) is 7. The van der Waals surface area contributed by atoms with Gasteiger partial charge in [0, 0.05) is 6.54 Å². The van der Waals surface area contributed by atoms with E-state index in [-0.39, 0.29) is 12.0 Å². The fourth-order valence-electron chi connectivity index (χ4n) is 1.28. The Morgan fingerprint density at radius 3 is 2.65 bits per heavy atom. The Morgan fingerprint density at radius 2 is 2.10 bits per heavy atom. The second-order valence-corrected chi connectivity index (χ2v) is 4.66. The van der Waals surface area contributed by atoms with Crippen molar-refractivity contribution in [2.75, 3.05) is 19.5 Å². The van der Waals surface area contributed by atoms with Crippen molar-refractivity contribution in [3.63, 3.8) is 0 Å². The van der Waals surface area contributed by atoms with Gasteiger partial charge >= 0.3 is 11.3 Å². The number of carbonyl (C=O) groups excluding carboxylic acids is 1. The lowest BCUT2D eigenvalue weighted by Crippen LogP contribution is -2.34. The number of carbonyl (C=O) groups is 2. The molecular formula is C11H21N3O5S. The van der Waals surface area contributed by atoms with Crippen LogP contribution >= 0.6 is 11.8 Å². The largest absolute Gasteiger partial charge is 0.480 e. The van der Waals surface area contributed by atoms with Crippen molar-refractivity contribution >= 4 is 28.9 Å². The van der Waals surface area contributed by atoms with Crippen molar-refractivity contribution in [3.8, 4) is 0 Å². The number of ether oxygens (including phenoxy) is 1. The highest BCUT2D eigenvalue weighted by Crippen LogP contribution is 2.00. The van der Waals surface area contributed by atoms with E-state index in [9.17, 15) is 9.59 Å². The Bertz CT molecular complexity index is 338. The first-order valence-electron chi connectivity index (χ1n) is 6.09. The second-order valence-electron chi connectivity index (χ2n) is 3.91. The van der Waals surface area contributed by atoms with Crippen LogP contribution in [0.15, 0.2) is 4.99 Å². The summed E-state index contributed by atoms with van der Waals surface area (Å²) in [5.41, 5.74) is 1.75. The van der Waals surface area contributed by atoms with E-state index in [1.165, 1.54) is 0 Å². The summed E-state index contributed by atoms with van der Waals surface area (Å²) in [6.45, 7) is 2.36. The average Bonchev–Trinajstić information content (AvgIpc) is 2.42. The highest BCUT2D eigenvalue weighted by Gasteiger charge is 2.14. The summed E-state index contributed by atoms with van der Waals surface area (Å²) in [5, 5.41) is 19.9. The lowest BCUT2D eigenvalue weighted by molar-refractivity contribution is -0.142. The zero-order valence-electron chi connectivity index (χ0n) is 11.6. The van der Waals surface area contributed by atoms with Crippen LogP contribution in [-0.2, 0) is 9.53 Å². The molecular weight excluding hydrogens is 286 g/mol. The third-order valence-corrected chi connectivity index (χ3v) is 2.86. The highest BCUT2D eigenvalue weighted by molar-refractivity contribution is 8.12. The van der Waals surface area contributed by atoms with Gasteiger partial charge in [-0.2, -0.15) is 5.48 Å². The maximum atomic E-state index is 10.8. The molecule has 0 aliphatic heterocycles. The maximum Gasteiger partial charge on any atom is 0.368 e. The number of hydrogen-bond donors (Lipinski definition) is 4. The molecule has 0 fully saturated rings. The number of carboxylic acids is 1. The summed E-state index contributed by atoms with van der Waals surface area (Å²) >= 11 is 0.983. The molecule has 0 spiro atoms. The third-order valence-electron chi connectivity index (χ3n) is 2.41. The zero-order valence-corrected chi connectivity index (χ0v) is 12.4. The van der Waals surface area contributed by atoms with Crippen LogP contribution in [-0.4, -0.2) is 53.0 Å². The average molecular weight is 307 g/mol. The number of nitrogens with zero attached hydrogens (tertiary/aromatic N) is 1. The van der Waals surface area contributed by atoms with Crippen molar-refractivity contribution in [3.05, 3.63) is 0 Å². The van der Waals surface area contributed by atoms with E-state index in [4.69, 9.17) is 15.1 Å². The summed E-state index contributed by atoms with van der Waals surface area (Å²) < 4.78 is 4.76. The molecule has 0 heterocycles. The van der Waals surface area contributed by atoms with Crippen LogP contribution in [0.4, 0.5) is 4.79 Å². The second kappa shape index (κ2) is 11.5. The third kappa shape index (κ3) is 9.59. The lowest BCUT2D eigenvalue weighted by Gasteiger charge is -2.10. The fraction of sp³-hybridized carbons (Fsp3) is 0.727. The maximum absolute atomic E-state index is 10.8. The molecule has 1 atom stereocenters. The number of thioether (sulfide) groups is 1. The molecule has 116 valence electrons. The van der Waals surface area contributed by atoms with Gasteiger partial charge < -0.3 is 20.4 Å². The molecule has 0 unspecified atom stereocenters. The molecule has 0 radical (unpaired) electrons. The van der Waals surface area contributed by atoms with Gasteiger partial charge in [0.15, 0.2) is 6.73 Å². The van der Waals surface area contributed by atoms with E-state index in [2.05, 4.69) is 10.3 Å². The number of nitrogens with one attached hydrogen (secondary N) is 2. The summed E-state index contributed by atoms with van der Waals surface area (Å²) in [6.07, 6.45) is 3.35. The van der Waals surface area contributed by atoms with Gasteiger partial charge in [-0.3, -0.25) is 4.79 Å². The summed E-state index contributed by atoms with van der Waals surface area (Å²) in [7, 11) is 0. The monoisotopic (exact) mass is 307 g/mol. The van der Waals surface area contributed by atoms with Crippen LogP contribution in [0.2, 0.25) is 0 Å². The van der Waals surface area contributed by atoms with Gasteiger partial charge in [-0.15, -0.1) is 0 Å². The smallest absolute Gasteiger partial charge is 0.368 e. The quantitative estimate of drug-likeness (QED) is 0.164. The molecule has 9 heteroatoms. The number of hydroxylamine groups is 1. The van der Waals surface area contributed by atoms with Gasteiger partial charge in [-0.05, 0) is 44.2 Å². The van der Waals surface area contributed by atoms with Crippen LogP contribution in [0.25, 0.3) is 0 Å². The number of aliphatic imine (C=N–C) groups is 1. The highest BCUT2D eigenvalue weighted by atomic mass is 32.2. The molecule has 20 heavy (non-hydrogen) atoms. The van der Waals surface area contributed by atoms with Crippen molar-refractivity contribution in [1.29, 1.82) is 0 Å². The van der Waals surface area contributed by atoms with E-state index in [1.807, 2.05) is 0 Å². The molecule has 0 aliphatic carbocycles. The fourth-order valence-corrected chi connectivity index (χ4v) is 1.45. The summed E-state index contributed by atoms with van der Waals surface area (Å²) in [4.78, 5) is 25.4. The Kier molecular flexibility index (Phi) is 10.7. The summed E-state index contributed by atoms with van der Waals surface area (Å²) in [5.74, 6) is -0.428. The van der Waals surface area contributed by atoms with E-state index in [0.29, 0.717) is 25.2 Å². The molecule has 0 saturated carbocycles. The Hall–Kier alpha value is -1.32. The topological polar surface area (TPSA) is 120 Å². The SMILES string of the molecule is CSC(=O)OCN=C(C)NCCCC[C@H](NO)C(=O)O. The van der Waals surface area contributed by atoms with Crippen molar-refractivity contribution in [2.45, 2.75) is 32.2 Å². The van der Waals surface area contributed by atoms with Gasteiger partial charge in [-0.1, -0.05) is 0 Å². The van der Waals surface area contributed by atoms with Gasteiger partial charge in [0.2, 0.25) is 0 Å². The first kappa shape index (κ1) is 18.7. The van der Waals surface area contributed by atoms with Crippen LogP contribution in [0.3, 0.4) is 0 Å². The van der Waals surface area contributed by atoms with Crippen LogP contribution in [0.5, 0.6) is 0 Å². The number of aliphatic carboxylic acids is 1. The summed E-state index contributed by atoms with van der Waals surface area (Å²) in [6, 6.07) is -0.935. The van der Waals surface area contributed by atoms with E-state index in [1.54, 1.807) is 18.7 Å². The first-order chi connectivity index (χ1) is 9.51. The normalized spacial score (nSPS) is 12.8. The molecule has 0 aromatic carbocycles. The molecule has 8 nitrogen and oxygen atoms in total. The van der Waals surface area contributed by atoms with Crippen molar-refractivity contribution in [1.82, 2.24) is 10.8 Å². The molecule has 0 aliphatic rings. The molecule has 0 aromatic heterocycles. The van der Waals surface area contributed by atoms with Gasteiger partial charge in [0.25, 0.3) is 0 Å². The van der Waals surface area contributed by atoms with Crippen molar-refractivity contribution in [2.24, 2.45) is 4.99 Å². The predicted octanol–water partition coefficient (Wildman–Crippen LogP) is 1.05. The number of carboxylic acid groups (broad SMARTS) is 1. The van der Waals surface area contributed by atoms with E-state index >= 15 is 0 Å². The molecule has 0 aromatic rings. The Morgan fingerprint density at radius 1 is 1.40 bits per heavy atom. The lowest BCUT2D eigenvalue weighted by atomic mass is 10.1. The minimum atomic E-state index is -1.08. The Labute approximate surface area is 121 Å². The molecule has 0 bridgehead atoms. The molecule has 0 rings (SSSR count). The van der Waals surface area contributed by atoms with E-state index < -0.39 is 12.0 Å². The number of unbranched alkanes of at least 4 members (excludes halogenated alkanes) is 1. The predicted molar refractivity (Wildman–Crippen MR) is 76.2 cm³/mol. The number of rotatable bonds is 9. The minimum Gasteiger partial charge on any atom is -0.480 e. The standard InChI is InChI=1S/C11H21N3O5S/c1-8(13-7-19-11(17)20-2)12-6-4-3-5-9(14-18)10(15)16/h9,14,18H,3-7H2,1-2H3,(H,12,13)(H,15,16)/t9-/m0/s1. The minimum absolute atomic E-state index is 0.0198. The van der Waals surface area contributed by atoms with Crippen LogP contribution < -0.4 is 10.8 Å². The van der Waals surface area contributed by atoms with E-state index in [0.717, 1.165) is 18.2 Å². The molecule has 0 saturated heterocycles. The van der Waals surface area contributed by atoms with Crippen LogP contribution in [0, 0.1) is 0 Å². The van der Waals surface area contributed by atoms with Crippen molar-refractivity contribution < 1.29 is 24.6 Å². The first-order valence-corrected chi connectivity index (χ1v) is 7.31. The van der Waals surface area contributed by atoms with Gasteiger partial charge in [-0.25, -0.2) is 9.79 Å². The molecule has 0 amide bonds. The van der Waals surface area contributed by atoms with Gasteiger partial charge in [0.05, 0.1) is 5.84 Å². The number of amidine groups is 1. The van der Waals surface area contributed by atoms with Crippen LogP contribution in [0.1, 0.15) is 26.2 Å².